The van der Waals surface area contributed by atoms with Gasteiger partial charge in [0.15, 0.2) is 5.82 Å². The van der Waals surface area contributed by atoms with E-state index in [1.165, 1.54) is 0 Å². The van der Waals surface area contributed by atoms with Gasteiger partial charge < -0.3 is 20.1 Å². The molecule has 1 heterocycles. The third kappa shape index (κ3) is 4.21. The van der Waals surface area contributed by atoms with E-state index in [1.54, 1.807) is 20.4 Å². The van der Waals surface area contributed by atoms with Crippen molar-refractivity contribution in [2.75, 3.05) is 31.4 Å². The summed E-state index contributed by atoms with van der Waals surface area (Å²) in [5.41, 5.74) is 0.717. The van der Waals surface area contributed by atoms with E-state index in [2.05, 4.69) is 32.7 Å². The monoisotopic (exact) mass is 303 g/mol. The highest BCUT2D eigenvalue weighted by Gasteiger charge is 2.08. The lowest BCUT2D eigenvalue weighted by Gasteiger charge is -2.12. The van der Waals surface area contributed by atoms with Gasteiger partial charge in [-0.15, -0.1) is 5.10 Å². The number of hydrogen-bond donors (Lipinski definition) is 2. The molecule has 7 nitrogen and oxygen atoms in total. The lowest BCUT2D eigenvalue weighted by Crippen LogP contribution is -2.07. The maximum absolute atomic E-state index is 5.32. The Labute approximate surface area is 130 Å². The van der Waals surface area contributed by atoms with Gasteiger partial charge in [0.25, 0.3) is 0 Å². The van der Waals surface area contributed by atoms with Crippen LogP contribution in [0.15, 0.2) is 24.4 Å². The Hall–Kier alpha value is -2.57. The minimum atomic E-state index is 0.396. The second-order valence-corrected chi connectivity index (χ2v) is 4.64. The largest absolute Gasteiger partial charge is 0.497 e. The molecule has 0 bridgehead atoms. The third-order valence-corrected chi connectivity index (χ3v) is 3.05. The normalized spacial score (nSPS) is 10.1. The molecule has 0 spiro atoms. The van der Waals surface area contributed by atoms with Crippen LogP contribution >= 0.6 is 0 Å². The van der Waals surface area contributed by atoms with Crippen LogP contribution < -0.4 is 20.1 Å². The van der Waals surface area contributed by atoms with Crippen LogP contribution in [0.25, 0.3) is 0 Å². The first kappa shape index (κ1) is 15.8. The number of rotatable bonds is 8. The van der Waals surface area contributed by atoms with Crippen LogP contribution in [0, 0.1) is 0 Å². The zero-order chi connectivity index (χ0) is 15.8. The van der Waals surface area contributed by atoms with Gasteiger partial charge in [0, 0.05) is 12.6 Å². The average molecular weight is 303 g/mol. The molecule has 0 aliphatic heterocycles. The highest BCUT2D eigenvalue weighted by Crippen LogP contribution is 2.30. The van der Waals surface area contributed by atoms with Gasteiger partial charge in [-0.3, -0.25) is 0 Å². The molecule has 0 radical (unpaired) electrons. The van der Waals surface area contributed by atoms with Crippen molar-refractivity contribution in [2.45, 2.75) is 19.8 Å². The van der Waals surface area contributed by atoms with Crippen molar-refractivity contribution in [1.29, 1.82) is 0 Å². The summed E-state index contributed by atoms with van der Waals surface area (Å²) in [7, 11) is 3.22. The molecule has 1 aromatic carbocycles. The van der Waals surface area contributed by atoms with Crippen molar-refractivity contribution < 1.29 is 9.47 Å². The summed E-state index contributed by atoms with van der Waals surface area (Å²) in [6.07, 6.45) is 3.80. The van der Waals surface area contributed by atoms with E-state index in [-0.39, 0.29) is 0 Å². The van der Waals surface area contributed by atoms with Crippen LogP contribution in [0.1, 0.15) is 19.8 Å². The zero-order valence-electron chi connectivity index (χ0n) is 13.1. The smallest absolute Gasteiger partial charge is 0.249 e. The number of aromatic nitrogens is 3. The third-order valence-electron chi connectivity index (χ3n) is 3.05. The summed E-state index contributed by atoms with van der Waals surface area (Å²) >= 11 is 0. The fourth-order valence-corrected chi connectivity index (χ4v) is 1.87. The fourth-order valence-electron chi connectivity index (χ4n) is 1.87. The number of nitrogens with one attached hydrogen (secondary N) is 2. The molecule has 7 heteroatoms. The van der Waals surface area contributed by atoms with Gasteiger partial charge in [-0.1, -0.05) is 13.3 Å². The van der Waals surface area contributed by atoms with Crippen LogP contribution in [0.3, 0.4) is 0 Å². The highest BCUT2D eigenvalue weighted by molar-refractivity contribution is 5.65. The molecule has 22 heavy (non-hydrogen) atoms. The van der Waals surface area contributed by atoms with Crippen LogP contribution in [0.4, 0.5) is 17.5 Å². The molecule has 0 atom stereocenters. The van der Waals surface area contributed by atoms with Gasteiger partial charge in [0.2, 0.25) is 5.95 Å². The number of anilines is 3. The second-order valence-electron chi connectivity index (χ2n) is 4.64. The van der Waals surface area contributed by atoms with Gasteiger partial charge in [0.05, 0.1) is 26.1 Å². The van der Waals surface area contributed by atoms with Gasteiger partial charge in [-0.2, -0.15) is 10.1 Å². The van der Waals surface area contributed by atoms with Crippen LogP contribution in [-0.2, 0) is 0 Å². The van der Waals surface area contributed by atoms with E-state index in [0.29, 0.717) is 29.0 Å². The van der Waals surface area contributed by atoms with Gasteiger partial charge in [-0.25, -0.2) is 0 Å². The number of benzene rings is 1. The van der Waals surface area contributed by atoms with Gasteiger partial charge >= 0.3 is 0 Å². The Kier molecular flexibility index (Phi) is 5.76. The minimum absolute atomic E-state index is 0.396. The Morgan fingerprint density at radius 2 is 2.05 bits per heavy atom. The molecule has 118 valence electrons. The first-order valence-electron chi connectivity index (χ1n) is 7.19. The van der Waals surface area contributed by atoms with E-state index in [1.807, 2.05) is 18.2 Å². The second kappa shape index (κ2) is 8.02. The van der Waals surface area contributed by atoms with E-state index in [4.69, 9.17) is 9.47 Å². The predicted octanol–water partition coefficient (Wildman–Crippen LogP) is 2.84. The van der Waals surface area contributed by atoms with Crippen molar-refractivity contribution >= 4 is 17.5 Å². The van der Waals surface area contributed by atoms with E-state index >= 15 is 0 Å². The molecule has 0 amide bonds. The summed E-state index contributed by atoms with van der Waals surface area (Å²) in [6, 6.07) is 5.46. The van der Waals surface area contributed by atoms with Gasteiger partial charge in [0.1, 0.15) is 11.5 Å². The molecular formula is C15H21N5O2. The topological polar surface area (TPSA) is 81.2 Å². The summed E-state index contributed by atoms with van der Waals surface area (Å²) in [5.74, 6) is 2.48. The molecule has 0 aliphatic carbocycles. The van der Waals surface area contributed by atoms with Crippen molar-refractivity contribution in [2.24, 2.45) is 0 Å². The predicted molar refractivity (Wildman–Crippen MR) is 86.1 cm³/mol. The summed E-state index contributed by atoms with van der Waals surface area (Å²) in [4.78, 5) is 4.38. The zero-order valence-corrected chi connectivity index (χ0v) is 13.1. The number of hydrogen-bond acceptors (Lipinski definition) is 7. The fraction of sp³-hybridized carbons (Fsp3) is 0.400. The molecule has 0 fully saturated rings. The SMILES string of the molecule is CCCCNc1cnnc(Nc2cc(OC)ccc2OC)n1. The quantitative estimate of drug-likeness (QED) is 0.726. The Morgan fingerprint density at radius 1 is 1.18 bits per heavy atom. The number of methoxy groups -OCH3 is 2. The summed E-state index contributed by atoms with van der Waals surface area (Å²) < 4.78 is 10.5. The summed E-state index contributed by atoms with van der Waals surface area (Å²) in [6.45, 7) is 3.00. The molecule has 2 N–H and O–H groups in total. The molecular weight excluding hydrogens is 282 g/mol. The number of unbranched alkanes of at least 4 members (excludes halogenated alkanes) is 1. The molecule has 0 saturated carbocycles. The van der Waals surface area contributed by atoms with Crippen LogP contribution in [-0.4, -0.2) is 35.9 Å². The van der Waals surface area contributed by atoms with Crippen molar-refractivity contribution in [3.8, 4) is 11.5 Å². The minimum Gasteiger partial charge on any atom is -0.497 e. The van der Waals surface area contributed by atoms with E-state index in [9.17, 15) is 0 Å². The Balaban J connectivity index is 2.14. The van der Waals surface area contributed by atoms with E-state index < -0.39 is 0 Å². The van der Waals surface area contributed by atoms with Crippen molar-refractivity contribution in [1.82, 2.24) is 15.2 Å². The van der Waals surface area contributed by atoms with Crippen molar-refractivity contribution in [3.63, 3.8) is 0 Å². The van der Waals surface area contributed by atoms with Gasteiger partial charge in [-0.05, 0) is 18.6 Å². The molecule has 0 saturated heterocycles. The van der Waals surface area contributed by atoms with Crippen LogP contribution in [0.5, 0.6) is 11.5 Å². The summed E-state index contributed by atoms with van der Waals surface area (Å²) in [5, 5.41) is 14.2. The maximum atomic E-state index is 5.32. The van der Waals surface area contributed by atoms with E-state index in [0.717, 1.165) is 19.4 Å². The maximum Gasteiger partial charge on any atom is 0.249 e. The first-order valence-corrected chi connectivity index (χ1v) is 7.19. The first-order chi connectivity index (χ1) is 10.8. The lowest BCUT2D eigenvalue weighted by atomic mass is 10.2. The molecule has 2 rings (SSSR count). The highest BCUT2D eigenvalue weighted by atomic mass is 16.5. The number of ether oxygens (including phenoxy) is 2. The standard InChI is InChI=1S/C15H21N5O2/c1-4-5-8-16-14-10-17-20-15(19-14)18-12-9-11(21-2)6-7-13(12)22-3/h6-7,9-10H,4-5,8H2,1-3H3,(H2,16,18,19,20). The molecule has 0 unspecified atom stereocenters. The number of nitrogens with zero attached hydrogens (tertiary/aromatic N) is 3. The average Bonchev–Trinajstić information content (AvgIpc) is 2.55. The van der Waals surface area contributed by atoms with Crippen LogP contribution in [0.2, 0.25) is 0 Å². The molecule has 1 aromatic heterocycles. The van der Waals surface area contributed by atoms with Crippen molar-refractivity contribution in [3.05, 3.63) is 24.4 Å². The Bertz CT molecular complexity index is 606. The Morgan fingerprint density at radius 3 is 2.77 bits per heavy atom. The lowest BCUT2D eigenvalue weighted by molar-refractivity contribution is 0.405. The molecule has 0 aliphatic rings. The molecule has 2 aromatic rings.